The van der Waals surface area contributed by atoms with Gasteiger partial charge in [-0.15, -0.1) is 0 Å². The average Bonchev–Trinajstić information content (AvgIpc) is 2.10. The highest BCUT2D eigenvalue weighted by atomic mass is 32.1. The van der Waals surface area contributed by atoms with E-state index in [-0.39, 0.29) is 0 Å². The van der Waals surface area contributed by atoms with Crippen molar-refractivity contribution < 1.29 is 14.2 Å². The summed E-state index contributed by atoms with van der Waals surface area (Å²) in [5.41, 5.74) is 0. The topological polar surface area (TPSA) is 27.7 Å². The van der Waals surface area contributed by atoms with Crippen molar-refractivity contribution in [2.75, 3.05) is 45.9 Å². The monoisotopic (exact) mass is 194 g/mol. The molecule has 0 fully saturated rings. The molecule has 3 nitrogen and oxygen atoms in total. The Morgan fingerprint density at radius 1 is 0.917 bits per heavy atom. The van der Waals surface area contributed by atoms with Gasteiger partial charge in [0.25, 0.3) is 0 Å². The van der Waals surface area contributed by atoms with E-state index in [1.54, 1.807) is 7.11 Å². The molecular weight excluding hydrogens is 176 g/mol. The van der Waals surface area contributed by atoms with Gasteiger partial charge in [-0.05, 0) is 12.2 Å². The first-order valence-electron chi connectivity index (χ1n) is 4.17. The normalized spacial score (nSPS) is 10.5. The van der Waals surface area contributed by atoms with Gasteiger partial charge in [-0.2, -0.15) is 12.6 Å². The van der Waals surface area contributed by atoms with Gasteiger partial charge in [-0.3, -0.25) is 0 Å². The molecule has 0 N–H and O–H groups in total. The second-order valence-electron chi connectivity index (χ2n) is 2.29. The number of methoxy groups -OCH3 is 1. The molecule has 0 saturated heterocycles. The van der Waals surface area contributed by atoms with E-state index < -0.39 is 0 Å². The van der Waals surface area contributed by atoms with E-state index in [1.165, 1.54) is 0 Å². The molecule has 0 radical (unpaired) electrons. The van der Waals surface area contributed by atoms with Crippen LogP contribution in [0.3, 0.4) is 0 Å². The minimum absolute atomic E-state index is 0.645. The van der Waals surface area contributed by atoms with Crippen molar-refractivity contribution in [3.05, 3.63) is 0 Å². The maximum Gasteiger partial charge on any atom is 0.0701 e. The molecule has 0 saturated carbocycles. The van der Waals surface area contributed by atoms with Gasteiger partial charge in [-0.1, -0.05) is 0 Å². The summed E-state index contributed by atoms with van der Waals surface area (Å²) < 4.78 is 15.2. The molecule has 0 unspecified atom stereocenters. The van der Waals surface area contributed by atoms with Crippen LogP contribution in [0, 0.1) is 0 Å². The van der Waals surface area contributed by atoms with E-state index in [2.05, 4.69) is 12.6 Å². The highest BCUT2D eigenvalue weighted by Gasteiger charge is 1.88. The van der Waals surface area contributed by atoms with E-state index in [9.17, 15) is 0 Å². The quantitative estimate of drug-likeness (QED) is 0.438. The predicted octanol–water partition coefficient (Wildman–Crippen LogP) is 0.986. The van der Waals surface area contributed by atoms with Crippen LogP contribution in [0.5, 0.6) is 0 Å². The van der Waals surface area contributed by atoms with Crippen molar-refractivity contribution in [1.29, 1.82) is 0 Å². The smallest absolute Gasteiger partial charge is 0.0701 e. The zero-order valence-electron chi connectivity index (χ0n) is 7.62. The van der Waals surface area contributed by atoms with Gasteiger partial charge in [0.2, 0.25) is 0 Å². The van der Waals surface area contributed by atoms with Crippen molar-refractivity contribution in [2.24, 2.45) is 0 Å². The van der Waals surface area contributed by atoms with Crippen LogP contribution in [0.1, 0.15) is 6.42 Å². The van der Waals surface area contributed by atoms with Crippen LogP contribution in [0.4, 0.5) is 0 Å². The molecule has 0 amide bonds. The van der Waals surface area contributed by atoms with E-state index in [4.69, 9.17) is 14.2 Å². The van der Waals surface area contributed by atoms with Crippen molar-refractivity contribution in [2.45, 2.75) is 6.42 Å². The summed E-state index contributed by atoms with van der Waals surface area (Å²) in [6, 6.07) is 0. The third-order valence-electron chi connectivity index (χ3n) is 1.25. The molecule has 12 heavy (non-hydrogen) atoms. The molecule has 4 heteroatoms. The van der Waals surface area contributed by atoms with Gasteiger partial charge in [-0.25, -0.2) is 0 Å². The molecule has 0 aromatic carbocycles. The van der Waals surface area contributed by atoms with Gasteiger partial charge in [0.15, 0.2) is 0 Å². The second kappa shape index (κ2) is 11.2. The summed E-state index contributed by atoms with van der Waals surface area (Å²) >= 11 is 4.06. The lowest BCUT2D eigenvalue weighted by Crippen LogP contribution is -2.08. The molecule has 0 bridgehead atoms. The fraction of sp³-hybridized carbons (Fsp3) is 1.00. The van der Waals surface area contributed by atoms with Crippen molar-refractivity contribution >= 4 is 12.6 Å². The summed E-state index contributed by atoms with van der Waals surface area (Å²) in [4.78, 5) is 0. The third-order valence-corrected chi connectivity index (χ3v) is 1.57. The molecule has 74 valence electrons. The second-order valence-corrected chi connectivity index (χ2v) is 2.74. The molecule has 0 aliphatic heterocycles. The standard InChI is InChI=1S/C8H18O3S/c1-9-4-5-11-7-6-10-3-2-8-12/h12H,2-8H2,1H3. The highest BCUT2D eigenvalue weighted by molar-refractivity contribution is 7.80. The lowest BCUT2D eigenvalue weighted by Gasteiger charge is -2.04. The van der Waals surface area contributed by atoms with Crippen molar-refractivity contribution in [3.63, 3.8) is 0 Å². The Balaban J connectivity index is 2.73. The average molecular weight is 194 g/mol. The third kappa shape index (κ3) is 10.2. The van der Waals surface area contributed by atoms with Crippen LogP contribution in [0.2, 0.25) is 0 Å². The van der Waals surface area contributed by atoms with Crippen LogP contribution in [0.15, 0.2) is 0 Å². The summed E-state index contributed by atoms with van der Waals surface area (Å²) in [5.74, 6) is 0.879. The molecule has 0 aliphatic carbocycles. The summed E-state index contributed by atoms with van der Waals surface area (Å²) in [6.07, 6.45) is 1.00. The molecular formula is C8H18O3S. The Bertz CT molecular complexity index is 70.7. The molecule has 0 rings (SSSR count). The van der Waals surface area contributed by atoms with Crippen LogP contribution in [-0.2, 0) is 14.2 Å². The number of ether oxygens (including phenoxy) is 3. The maximum absolute atomic E-state index is 5.24. The van der Waals surface area contributed by atoms with Crippen LogP contribution in [-0.4, -0.2) is 45.9 Å². The Kier molecular flexibility index (Phi) is 11.4. The number of rotatable bonds is 9. The fourth-order valence-electron chi connectivity index (χ4n) is 0.631. The lowest BCUT2D eigenvalue weighted by atomic mass is 10.5. The van der Waals surface area contributed by atoms with Crippen LogP contribution >= 0.6 is 12.6 Å². The number of hydrogen-bond donors (Lipinski definition) is 1. The molecule has 0 atom stereocenters. The fourth-order valence-corrected chi connectivity index (χ4v) is 0.760. The van der Waals surface area contributed by atoms with E-state index in [1.807, 2.05) is 0 Å². The van der Waals surface area contributed by atoms with Crippen LogP contribution < -0.4 is 0 Å². The van der Waals surface area contributed by atoms with Gasteiger partial charge < -0.3 is 14.2 Å². The first-order chi connectivity index (χ1) is 5.91. The van der Waals surface area contributed by atoms with E-state index in [0.29, 0.717) is 26.4 Å². The first-order valence-corrected chi connectivity index (χ1v) is 4.80. The zero-order chi connectivity index (χ0) is 9.07. The molecule has 0 aromatic heterocycles. The minimum Gasteiger partial charge on any atom is -0.382 e. The lowest BCUT2D eigenvalue weighted by molar-refractivity contribution is 0.0252. The van der Waals surface area contributed by atoms with Gasteiger partial charge >= 0.3 is 0 Å². The minimum atomic E-state index is 0.645. The van der Waals surface area contributed by atoms with Gasteiger partial charge in [0, 0.05) is 13.7 Å². The highest BCUT2D eigenvalue weighted by Crippen LogP contribution is 1.85. The van der Waals surface area contributed by atoms with Crippen molar-refractivity contribution in [1.82, 2.24) is 0 Å². The predicted molar refractivity (Wildman–Crippen MR) is 52.0 cm³/mol. The molecule has 0 aliphatic rings. The molecule has 0 aromatic rings. The Labute approximate surface area is 79.8 Å². The zero-order valence-corrected chi connectivity index (χ0v) is 8.52. The Hall–Kier alpha value is 0.230. The number of hydrogen-bond acceptors (Lipinski definition) is 4. The van der Waals surface area contributed by atoms with Crippen LogP contribution in [0.25, 0.3) is 0 Å². The SMILES string of the molecule is COCCOCCOCCCS. The maximum atomic E-state index is 5.24. The van der Waals surface area contributed by atoms with Gasteiger partial charge in [0.05, 0.1) is 26.4 Å². The Morgan fingerprint density at radius 2 is 1.50 bits per heavy atom. The molecule has 0 heterocycles. The number of thiol groups is 1. The largest absolute Gasteiger partial charge is 0.382 e. The summed E-state index contributed by atoms with van der Waals surface area (Å²) in [5, 5.41) is 0. The van der Waals surface area contributed by atoms with E-state index in [0.717, 1.165) is 18.8 Å². The van der Waals surface area contributed by atoms with Gasteiger partial charge in [0.1, 0.15) is 0 Å². The Morgan fingerprint density at radius 3 is 2.08 bits per heavy atom. The molecule has 0 spiro atoms. The van der Waals surface area contributed by atoms with Crippen molar-refractivity contribution in [3.8, 4) is 0 Å². The van der Waals surface area contributed by atoms with E-state index >= 15 is 0 Å². The summed E-state index contributed by atoms with van der Waals surface area (Å²) in [7, 11) is 1.66. The summed E-state index contributed by atoms with van der Waals surface area (Å²) in [6.45, 7) is 3.38. The first kappa shape index (κ1) is 12.2.